The number of aromatic hydroxyl groups is 12. The highest BCUT2D eigenvalue weighted by Gasteiger charge is 2.61. The van der Waals surface area contributed by atoms with E-state index in [1.165, 1.54) is 30.3 Å². The van der Waals surface area contributed by atoms with E-state index < -0.39 is 123 Å². The molecule has 0 saturated carbocycles. The molecule has 3 aliphatic heterocycles. The number of aliphatic hydroxyl groups excluding tert-OH is 3. The minimum Gasteiger partial charge on any atom is -0.508 e. The monoisotopic (exact) mass is 866 g/mol. The first kappa shape index (κ1) is 40.6. The van der Waals surface area contributed by atoms with E-state index >= 15 is 0 Å². The fourth-order valence-corrected chi connectivity index (χ4v) is 8.95. The van der Waals surface area contributed by atoms with E-state index in [0.29, 0.717) is 5.56 Å². The molecule has 9 rings (SSSR count). The molecule has 3 aliphatic rings. The second kappa shape index (κ2) is 14.4. The molecule has 18 heteroatoms. The summed E-state index contributed by atoms with van der Waals surface area (Å²) in [7, 11) is 0. The Hall–Kier alpha value is -7.80. The van der Waals surface area contributed by atoms with Crippen LogP contribution in [0.25, 0.3) is 0 Å². The van der Waals surface area contributed by atoms with E-state index in [1.807, 2.05) is 0 Å². The predicted octanol–water partition coefficient (Wildman–Crippen LogP) is 4.06. The molecule has 3 heterocycles. The number of rotatable bonds is 7. The highest BCUT2D eigenvalue weighted by Crippen LogP contribution is 2.65. The second-order valence-electron chi connectivity index (χ2n) is 15.7. The van der Waals surface area contributed by atoms with Gasteiger partial charge in [-0.1, -0.05) is 12.1 Å². The number of fused-ring (bicyclic) bond motifs is 8. The fourth-order valence-electron chi connectivity index (χ4n) is 8.95. The number of benzene rings is 6. The van der Waals surface area contributed by atoms with Crippen LogP contribution in [0.1, 0.15) is 62.4 Å². The van der Waals surface area contributed by atoms with Crippen LogP contribution < -0.4 is 14.2 Å². The Morgan fingerprint density at radius 3 is 1.78 bits per heavy atom. The number of aliphatic hydroxyl groups is 3. The second-order valence-corrected chi connectivity index (χ2v) is 15.7. The Bertz CT molecular complexity index is 2860. The van der Waals surface area contributed by atoms with Crippen LogP contribution in [0.5, 0.6) is 86.2 Å². The van der Waals surface area contributed by atoms with Crippen LogP contribution in [0, 0.1) is 0 Å². The lowest BCUT2D eigenvalue weighted by Crippen LogP contribution is -2.57. The Morgan fingerprint density at radius 2 is 1.11 bits per heavy atom. The van der Waals surface area contributed by atoms with Crippen LogP contribution in [0.4, 0.5) is 0 Å². The highest BCUT2D eigenvalue weighted by molar-refractivity contribution is 5.71. The van der Waals surface area contributed by atoms with Crippen molar-refractivity contribution in [2.75, 3.05) is 0 Å². The lowest BCUT2D eigenvalue weighted by molar-refractivity contribution is -0.219. The maximum atomic E-state index is 12.4. The standard InChI is InChI=1S/C45H38O18/c46-19(7-16-1-4-22(48)26(52)8-16)11-21-25(51)14-30(56)35(40(21)58)38-36-31(57)15-33-37(43(36)61-42(41(38)59)17-2-5-23(49)27(53)9-17)39-34-29(55)12-20(47)13-32(34)62-45(63-33,44(39)60)18-3-6-24(50)28(54)10-18/h1-6,8-10,12-15,19,38-39,41-42,44,46-60H,7,11H2/t19-,38-,39+,41?,42+,44?,45-/m0/s1. The molecule has 18 nitrogen and oxygen atoms in total. The zero-order chi connectivity index (χ0) is 45.0. The molecule has 0 fully saturated rings. The van der Waals surface area contributed by atoms with E-state index in [-0.39, 0.29) is 57.1 Å². The minimum absolute atomic E-state index is 0.00226. The Balaban J connectivity index is 1.27. The highest BCUT2D eigenvalue weighted by atomic mass is 16.7. The Kier molecular flexibility index (Phi) is 9.28. The summed E-state index contributed by atoms with van der Waals surface area (Å²) in [5.74, 6) is -13.7. The van der Waals surface area contributed by atoms with E-state index in [0.717, 1.165) is 48.5 Å². The molecule has 15 N–H and O–H groups in total. The van der Waals surface area contributed by atoms with Crippen molar-refractivity contribution in [3.63, 3.8) is 0 Å². The van der Waals surface area contributed by atoms with Crippen molar-refractivity contribution in [2.24, 2.45) is 0 Å². The van der Waals surface area contributed by atoms with Gasteiger partial charge in [0.25, 0.3) is 0 Å². The van der Waals surface area contributed by atoms with Gasteiger partial charge in [0.05, 0.1) is 17.9 Å². The van der Waals surface area contributed by atoms with Crippen molar-refractivity contribution in [1.29, 1.82) is 0 Å². The predicted molar refractivity (Wildman–Crippen MR) is 214 cm³/mol. The van der Waals surface area contributed by atoms with Crippen LogP contribution >= 0.6 is 0 Å². The average molecular weight is 867 g/mol. The summed E-state index contributed by atoms with van der Waals surface area (Å²) < 4.78 is 19.1. The van der Waals surface area contributed by atoms with Crippen molar-refractivity contribution in [2.45, 2.75) is 54.9 Å². The molecule has 0 aromatic heterocycles. The molecule has 2 bridgehead atoms. The summed E-state index contributed by atoms with van der Waals surface area (Å²) in [5, 5.41) is 165. The number of phenolic OH excluding ortho intramolecular Hbond substituents is 12. The topological polar surface area (TPSA) is 331 Å². The molecular formula is C45H38O18. The Morgan fingerprint density at radius 1 is 0.508 bits per heavy atom. The van der Waals surface area contributed by atoms with Gasteiger partial charge < -0.3 is 90.8 Å². The zero-order valence-corrected chi connectivity index (χ0v) is 32.3. The van der Waals surface area contributed by atoms with E-state index in [9.17, 15) is 76.6 Å². The van der Waals surface area contributed by atoms with Gasteiger partial charge in [0, 0.05) is 64.1 Å². The van der Waals surface area contributed by atoms with Gasteiger partial charge in [-0.25, -0.2) is 0 Å². The lowest BCUT2D eigenvalue weighted by atomic mass is 9.71. The first-order valence-corrected chi connectivity index (χ1v) is 19.2. The number of phenols is 12. The van der Waals surface area contributed by atoms with Gasteiger partial charge in [-0.15, -0.1) is 0 Å². The summed E-state index contributed by atoms with van der Waals surface area (Å²) in [6, 6.07) is 14.7. The smallest absolute Gasteiger partial charge is 0.305 e. The average Bonchev–Trinajstić information content (AvgIpc) is 3.21. The summed E-state index contributed by atoms with van der Waals surface area (Å²) in [4.78, 5) is 0. The third-order valence-electron chi connectivity index (χ3n) is 11.8. The fraction of sp³-hybridized carbons (Fsp3) is 0.200. The van der Waals surface area contributed by atoms with Gasteiger partial charge in [0.2, 0.25) is 0 Å². The van der Waals surface area contributed by atoms with E-state index in [1.54, 1.807) is 0 Å². The van der Waals surface area contributed by atoms with Crippen molar-refractivity contribution in [3.05, 3.63) is 123 Å². The summed E-state index contributed by atoms with van der Waals surface area (Å²) >= 11 is 0. The van der Waals surface area contributed by atoms with Gasteiger partial charge >= 0.3 is 5.79 Å². The Labute approximate surface area is 354 Å². The van der Waals surface area contributed by atoms with Crippen LogP contribution in [0.3, 0.4) is 0 Å². The maximum Gasteiger partial charge on any atom is 0.305 e. The molecule has 326 valence electrons. The summed E-state index contributed by atoms with van der Waals surface area (Å²) in [6.45, 7) is 0. The first-order valence-electron chi connectivity index (χ1n) is 19.2. The third-order valence-corrected chi connectivity index (χ3v) is 11.8. The molecule has 6 aromatic carbocycles. The molecule has 0 saturated heterocycles. The molecule has 0 radical (unpaired) electrons. The molecule has 0 amide bonds. The van der Waals surface area contributed by atoms with Crippen LogP contribution in [0.2, 0.25) is 0 Å². The van der Waals surface area contributed by atoms with Gasteiger partial charge in [-0.2, -0.15) is 0 Å². The summed E-state index contributed by atoms with van der Waals surface area (Å²) in [5.41, 5.74) is -1.10. The third kappa shape index (κ3) is 6.29. The van der Waals surface area contributed by atoms with E-state index in [2.05, 4.69) is 0 Å². The SMILES string of the molecule is Oc1cc(O)c2c(c1)O[C@@]1(c3ccc(O)c(O)c3)Oc3cc(O)c4c(c3[C@@H]2C1O)O[C@H](c1ccc(O)c(O)c1)C(O)[C@H]4c1c(O)cc(O)c(C[C@@H](O)Cc2ccc(O)c(O)c2)c1O. The molecule has 6 aromatic rings. The quantitative estimate of drug-likeness (QED) is 0.101. The van der Waals surface area contributed by atoms with Crippen LogP contribution in [-0.4, -0.2) is 94.9 Å². The number of hydrogen-bond donors (Lipinski definition) is 15. The molecular weight excluding hydrogens is 828 g/mol. The van der Waals surface area contributed by atoms with Gasteiger partial charge in [0.15, 0.2) is 40.6 Å². The van der Waals surface area contributed by atoms with Gasteiger partial charge in [-0.05, 0) is 60.0 Å². The first-order chi connectivity index (χ1) is 29.9. The summed E-state index contributed by atoms with van der Waals surface area (Å²) in [6.07, 6.45) is -7.42. The van der Waals surface area contributed by atoms with E-state index in [4.69, 9.17) is 14.2 Å². The number of hydrogen-bond acceptors (Lipinski definition) is 18. The van der Waals surface area contributed by atoms with Crippen molar-refractivity contribution in [3.8, 4) is 86.2 Å². The van der Waals surface area contributed by atoms with Crippen LogP contribution in [-0.2, 0) is 18.6 Å². The van der Waals surface area contributed by atoms with Crippen LogP contribution in [0.15, 0.2) is 78.9 Å². The zero-order valence-electron chi connectivity index (χ0n) is 32.3. The lowest BCUT2D eigenvalue weighted by Gasteiger charge is -2.51. The van der Waals surface area contributed by atoms with Crippen molar-refractivity contribution >= 4 is 0 Å². The largest absolute Gasteiger partial charge is 0.508 e. The minimum atomic E-state index is -2.32. The van der Waals surface area contributed by atoms with Crippen molar-refractivity contribution < 1.29 is 90.8 Å². The maximum absolute atomic E-state index is 12.4. The number of ether oxygens (including phenoxy) is 3. The van der Waals surface area contributed by atoms with Gasteiger partial charge in [0.1, 0.15) is 64.0 Å². The van der Waals surface area contributed by atoms with Gasteiger partial charge in [-0.3, -0.25) is 0 Å². The van der Waals surface area contributed by atoms with Crippen molar-refractivity contribution in [1.82, 2.24) is 0 Å². The molecule has 7 atom stereocenters. The normalized spacial score (nSPS) is 22.4. The molecule has 0 aliphatic carbocycles. The molecule has 63 heavy (non-hydrogen) atoms. The molecule has 2 unspecified atom stereocenters. The molecule has 0 spiro atoms.